The highest BCUT2D eigenvalue weighted by Gasteiger charge is 2.05. The molecule has 0 saturated carbocycles. The molecule has 0 saturated heterocycles. The van der Waals surface area contributed by atoms with Crippen molar-refractivity contribution in [2.24, 2.45) is 0 Å². The molecule has 0 amide bonds. The van der Waals surface area contributed by atoms with E-state index in [1.807, 2.05) is 6.92 Å². The average molecular weight is 197 g/mol. The summed E-state index contributed by atoms with van der Waals surface area (Å²) in [6.45, 7) is 4.18. The molecule has 5 heteroatoms. The highest BCUT2D eigenvalue weighted by atomic mass is 16.5. The maximum absolute atomic E-state index is 5.55. The van der Waals surface area contributed by atoms with Crippen LogP contribution >= 0.6 is 0 Å². The second-order valence-corrected chi connectivity index (χ2v) is 3.06. The van der Waals surface area contributed by atoms with Gasteiger partial charge in [0.05, 0.1) is 6.61 Å². The number of aromatic nitrogens is 2. The molecule has 1 rings (SSSR count). The van der Waals surface area contributed by atoms with Crippen molar-refractivity contribution in [1.82, 2.24) is 9.97 Å². The summed E-state index contributed by atoms with van der Waals surface area (Å²) in [6.07, 6.45) is -0.0475. The molecule has 0 spiro atoms. The Balaban J connectivity index is 2.66. The van der Waals surface area contributed by atoms with E-state index in [1.165, 1.54) is 0 Å². The molecule has 0 aromatic carbocycles. The minimum atomic E-state index is -0.0475. The molecule has 1 atom stereocenters. The number of nitrogens with two attached hydrogens (primary N) is 1. The predicted octanol–water partition coefficient (Wildman–Crippen LogP) is 0.781. The van der Waals surface area contributed by atoms with Crippen molar-refractivity contribution in [2.75, 3.05) is 19.5 Å². The van der Waals surface area contributed by atoms with Crippen LogP contribution in [0.15, 0.2) is 6.07 Å². The SMILES string of the molecule is COCC(C)Oc1cc(N)nc(C)n1. The molecule has 1 aromatic heterocycles. The van der Waals surface area contributed by atoms with Crippen LogP contribution in [0.2, 0.25) is 0 Å². The smallest absolute Gasteiger partial charge is 0.219 e. The second kappa shape index (κ2) is 4.76. The number of rotatable bonds is 4. The highest BCUT2D eigenvalue weighted by Crippen LogP contribution is 2.12. The van der Waals surface area contributed by atoms with Crippen LogP contribution in [0.4, 0.5) is 5.82 Å². The lowest BCUT2D eigenvalue weighted by Gasteiger charge is -2.12. The van der Waals surface area contributed by atoms with Gasteiger partial charge in [-0.1, -0.05) is 0 Å². The fourth-order valence-electron chi connectivity index (χ4n) is 1.10. The Labute approximate surface area is 83.3 Å². The van der Waals surface area contributed by atoms with Crippen LogP contribution in [0.5, 0.6) is 5.88 Å². The summed E-state index contributed by atoms with van der Waals surface area (Å²) in [5.74, 6) is 1.50. The van der Waals surface area contributed by atoms with Crippen LogP contribution in [0.3, 0.4) is 0 Å². The van der Waals surface area contributed by atoms with Gasteiger partial charge in [-0.15, -0.1) is 0 Å². The van der Waals surface area contributed by atoms with Crippen molar-refractivity contribution in [3.05, 3.63) is 11.9 Å². The first kappa shape index (κ1) is 10.7. The van der Waals surface area contributed by atoms with E-state index in [9.17, 15) is 0 Å². The van der Waals surface area contributed by atoms with E-state index in [1.54, 1.807) is 20.1 Å². The molecule has 5 nitrogen and oxygen atoms in total. The van der Waals surface area contributed by atoms with E-state index in [2.05, 4.69) is 9.97 Å². The van der Waals surface area contributed by atoms with E-state index < -0.39 is 0 Å². The van der Waals surface area contributed by atoms with Crippen molar-refractivity contribution in [2.45, 2.75) is 20.0 Å². The van der Waals surface area contributed by atoms with E-state index in [0.717, 1.165) is 0 Å². The van der Waals surface area contributed by atoms with Gasteiger partial charge < -0.3 is 15.2 Å². The van der Waals surface area contributed by atoms with Gasteiger partial charge in [0.1, 0.15) is 17.7 Å². The van der Waals surface area contributed by atoms with Gasteiger partial charge in [0.15, 0.2) is 0 Å². The monoisotopic (exact) mass is 197 g/mol. The summed E-state index contributed by atoms with van der Waals surface area (Å²) in [4.78, 5) is 8.03. The summed E-state index contributed by atoms with van der Waals surface area (Å²) in [5, 5.41) is 0. The minimum absolute atomic E-state index is 0.0475. The summed E-state index contributed by atoms with van der Waals surface area (Å²) >= 11 is 0. The number of methoxy groups -OCH3 is 1. The van der Waals surface area contributed by atoms with Gasteiger partial charge in [-0.2, -0.15) is 4.98 Å². The third kappa shape index (κ3) is 3.18. The normalized spacial score (nSPS) is 12.5. The van der Waals surface area contributed by atoms with E-state index >= 15 is 0 Å². The lowest BCUT2D eigenvalue weighted by Crippen LogP contribution is -2.19. The Hall–Kier alpha value is -1.36. The van der Waals surface area contributed by atoms with Crippen molar-refractivity contribution in [3.63, 3.8) is 0 Å². The topological polar surface area (TPSA) is 70.3 Å². The van der Waals surface area contributed by atoms with E-state index in [-0.39, 0.29) is 6.10 Å². The molecule has 0 aliphatic rings. The van der Waals surface area contributed by atoms with Crippen molar-refractivity contribution < 1.29 is 9.47 Å². The van der Waals surface area contributed by atoms with Crippen LogP contribution in [0.25, 0.3) is 0 Å². The molecular weight excluding hydrogens is 182 g/mol. The quantitative estimate of drug-likeness (QED) is 0.772. The molecule has 78 valence electrons. The first-order valence-electron chi connectivity index (χ1n) is 4.38. The fraction of sp³-hybridized carbons (Fsp3) is 0.556. The summed E-state index contributed by atoms with van der Waals surface area (Å²) in [5.41, 5.74) is 5.55. The number of ether oxygens (including phenoxy) is 2. The molecule has 1 aromatic rings. The van der Waals surface area contributed by atoms with Crippen LogP contribution in [-0.2, 0) is 4.74 Å². The van der Waals surface area contributed by atoms with Gasteiger partial charge in [-0.25, -0.2) is 4.98 Å². The zero-order valence-corrected chi connectivity index (χ0v) is 8.65. The average Bonchev–Trinajstić information content (AvgIpc) is 2.01. The van der Waals surface area contributed by atoms with Crippen LogP contribution in [0.1, 0.15) is 12.7 Å². The molecule has 14 heavy (non-hydrogen) atoms. The number of nitrogens with zero attached hydrogens (tertiary/aromatic N) is 2. The first-order chi connectivity index (χ1) is 6.61. The van der Waals surface area contributed by atoms with Crippen molar-refractivity contribution >= 4 is 5.82 Å². The van der Waals surface area contributed by atoms with Gasteiger partial charge in [0.2, 0.25) is 5.88 Å². The van der Waals surface area contributed by atoms with Gasteiger partial charge in [0, 0.05) is 13.2 Å². The van der Waals surface area contributed by atoms with Gasteiger partial charge in [0.25, 0.3) is 0 Å². The van der Waals surface area contributed by atoms with E-state index in [0.29, 0.717) is 24.1 Å². The van der Waals surface area contributed by atoms with Crippen molar-refractivity contribution in [3.8, 4) is 5.88 Å². The summed E-state index contributed by atoms with van der Waals surface area (Å²) in [7, 11) is 1.62. The number of anilines is 1. The Morgan fingerprint density at radius 1 is 1.50 bits per heavy atom. The van der Waals surface area contributed by atoms with Crippen LogP contribution in [0, 0.1) is 6.92 Å². The Morgan fingerprint density at radius 2 is 2.21 bits per heavy atom. The van der Waals surface area contributed by atoms with Crippen molar-refractivity contribution in [1.29, 1.82) is 0 Å². The summed E-state index contributed by atoms with van der Waals surface area (Å²) in [6, 6.07) is 1.60. The number of hydrogen-bond acceptors (Lipinski definition) is 5. The molecule has 0 radical (unpaired) electrons. The molecule has 0 fully saturated rings. The molecule has 2 N–H and O–H groups in total. The number of nitrogen functional groups attached to an aromatic ring is 1. The van der Waals surface area contributed by atoms with Gasteiger partial charge >= 0.3 is 0 Å². The maximum atomic E-state index is 5.55. The zero-order chi connectivity index (χ0) is 10.6. The number of hydrogen-bond donors (Lipinski definition) is 1. The Bertz CT molecular complexity index is 284. The van der Waals surface area contributed by atoms with Crippen LogP contribution in [-0.4, -0.2) is 29.8 Å². The Morgan fingerprint density at radius 3 is 2.79 bits per heavy atom. The molecule has 1 unspecified atom stereocenters. The standard InChI is InChI=1S/C9H15N3O2/c1-6(5-13-3)14-9-4-8(10)11-7(2)12-9/h4,6H,5H2,1-3H3,(H2,10,11,12). The highest BCUT2D eigenvalue weighted by molar-refractivity contribution is 5.32. The van der Waals surface area contributed by atoms with E-state index in [4.69, 9.17) is 15.2 Å². The number of aryl methyl sites for hydroxylation is 1. The third-order valence-electron chi connectivity index (χ3n) is 1.56. The molecule has 0 aliphatic carbocycles. The molecule has 1 heterocycles. The van der Waals surface area contributed by atoms with Crippen LogP contribution < -0.4 is 10.5 Å². The lowest BCUT2D eigenvalue weighted by molar-refractivity contribution is 0.0888. The predicted molar refractivity (Wildman–Crippen MR) is 53.1 cm³/mol. The largest absolute Gasteiger partial charge is 0.472 e. The third-order valence-corrected chi connectivity index (χ3v) is 1.56. The van der Waals surface area contributed by atoms with Gasteiger partial charge in [-0.3, -0.25) is 0 Å². The maximum Gasteiger partial charge on any atom is 0.219 e. The Kier molecular flexibility index (Phi) is 3.64. The minimum Gasteiger partial charge on any atom is -0.472 e. The molecular formula is C9H15N3O2. The second-order valence-electron chi connectivity index (χ2n) is 3.06. The van der Waals surface area contributed by atoms with Gasteiger partial charge in [-0.05, 0) is 13.8 Å². The zero-order valence-electron chi connectivity index (χ0n) is 8.65. The molecule has 0 bridgehead atoms. The molecule has 0 aliphatic heterocycles. The summed E-state index contributed by atoms with van der Waals surface area (Å²) < 4.78 is 10.4. The first-order valence-corrected chi connectivity index (χ1v) is 4.38. The fourth-order valence-corrected chi connectivity index (χ4v) is 1.10. The lowest BCUT2D eigenvalue weighted by atomic mass is 10.4.